The molecule has 0 atom stereocenters. The van der Waals surface area contributed by atoms with Gasteiger partial charge in [-0.25, -0.2) is 4.98 Å². The Morgan fingerprint density at radius 3 is 2.54 bits per heavy atom. The van der Waals surface area contributed by atoms with Gasteiger partial charge in [0, 0.05) is 63.0 Å². The van der Waals surface area contributed by atoms with Crippen molar-refractivity contribution in [3.8, 4) is 11.3 Å². The first-order valence-corrected chi connectivity index (χ1v) is 12.7. The van der Waals surface area contributed by atoms with Gasteiger partial charge >= 0.3 is 6.18 Å². The number of alkyl halides is 3. The third-order valence-corrected chi connectivity index (χ3v) is 7.07. The van der Waals surface area contributed by atoms with Gasteiger partial charge in [0.25, 0.3) is 0 Å². The average Bonchev–Trinajstić information content (AvgIpc) is 3.25. The zero-order valence-electron chi connectivity index (χ0n) is 21.8. The van der Waals surface area contributed by atoms with Crippen molar-refractivity contribution in [2.75, 3.05) is 44.3 Å². The van der Waals surface area contributed by atoms with Crippen molar-refractivity contribution in [1.82, 2.24) is 24.6 Å². The highest BCUT2D eigenvalue weighted by Gasteiger charge is 2.34. The minimum Gasteiger partial charge on any atom is -0.383 e. The highest BCUT2D eigenvalue weighted by atomic mass is 19.4. The van der Waals surface area contributed by atoms with Crippen molar-refractivity contribution in [2.45, 2.75) is 19.1 Å². The second-order valence-electron chi connectivity index (χ2n) is 9.96. The van der Waals surface area contributed by atoms with Crippen LogP contribution in [0.1, 0.15) is 16.7 Å². The zero-order chi connectivity index (χ0) is 27.7. The van der Waals surface area contributed by atoms with Crippen LogP contribution in [-0.4, -0.2) is 63.7 Å². The van der Waals surface area contributed by atoms with Crippen LogP contribution in [0.25, 0.3) is 22.0 Å². The predicted octanol–water partition coefficient (Wildman–Crippen LogP) is 4.16. The lowest BCUT2D eigenvalue weighted by molar-refractivity contribution is -0.138. The number of amides is 1. The molecular formula is C28H30F3N7O. The highest BCUT2D eigenvalue weighted by Crippen LogP contribution is 2.34. The molecule has 5 rings (SSSR count). The van der Waals surface area contributed by atoms with Crippen LogP contribution in [0.2, 0.25) is 0 Å². The Bertz CT molecular complexity index is 1510. The molecule has 0 aliphatic carbocycles. The van der Waals surface area contributed by atoms with Gasteiger partial charge < -0.3 is 16.0 Å². The average molecular weight is 538 g/mol. The van der Waals surface area contributed by atoms with E-state index in [2.05, 4.69) is 20.3 Å². The largest absolute Gasteiger partial charge is 0.416 e. The number of fused-ring (bicyclic) bond motifs is 1. The van der Waals surface area contributed by atoms with Crippen LogP contribution < -0.4 is 11.1 Å². The summed E-state index contributed by atoms with van der Waals surface area (Å²) in [5.41, 5.74) is 7.40. The molecule has 0 bridgehead atoms. The Morgan fingerprint density at radius 1 is 1.03 bits per heavy atom. The molecule has 3 heterocycles. The smallest absolute Gasteiger partial charge is 0.383 e. The number of nitrogens with one attached hydrogen (secondary N) is 1. The molecule has 1 fully saturated rings. The van der Waals surface area contributed by atoms with Gasteiger partial charge in [0.1, 0.15) is 5.82 Å². The van der Waals surface area contributed by atoms with Gasteiger partial charge in [0.2, 0.25) is 5.91 Å². The first-order chi connectivity index (χ1) is 18.6. The lowest BCUT2D eigenvalue weighted by Gasteiger charge is -2.33. The Balaban J connectivity index is 1.30. The maximum Gasteiger partial charge on any atom is 0.416 e. The van der Waals surface area contributed by atoms with Gasteiger partial charge in [0.15, 0.2) is 5.82 Å². The Morgan fingerprint density at radius 2 is 1.79 bits per heavy atom. The summed E-state index contributed by atoms with van der Waals surface area (Å²) in [7, 11) is 3.75. The first-order valence-electron chi connectivity index (χ1n) is 12.7. The number of aryl methyl sites for hydroxylation is 1. The number of halogens is 3. The van der Waals surface area contributed by atoms with Crippen molar-refractivity contribution in [2.24, 2.45) is 7.05 Å². The van der Waals surface area contributed by atoms with Gasteiger partial charge in [-0.1, -0.05) is 24.3 Å². The van der Waals surface area contributed by atoms with E-state index in [4.69, 9.17) is 5.73 Å². The number of anilines is 2. The Hall–Kier alpha value is -3.96. The molecule has 4 aromatic rings. The van der Waals surface area contributed by atoms with Crippen molar-refractivity contribution in [3.05, 3.63) is 71.4 Å². The number of benzene rings is 2. The Kier molecular flexibility index (Phi) is 7.28. The maximum atomic E-state index is 13.9. The number of piperazine rings is 1. The molecule has 1 amide bonds. The van der Waals surface area contributed by atoms with Crippen molar-refractivity contribution < 1.29 is 18.0 Å². The molecule has 1 aliphatic rings. The van der Waals surface area contributed by atoms with Crippen molar-refractivity contribution in [3.63, 3.8) is 0 Å². The lowest BCUT2D eigenvalue weighted by atomic mass is 10.0. The summed E-state index contributed by atoms with van der Waals surface area (Å²) in [5.74, 6) is 0.267. The molecule has 0 saturated carbocycles. The van der Waals surface area contributed by atoms with Gasteiger partial charge in [-0.2, -0.15) is 18.3 Å². The summed E-state index contributed by atoms with van der Waals surface area (Å²) in [6.45, 7) is 3.30. The SMILES string of the molecule is CN1CCN(Cc2ccc(CC(=O)Nc3cc(-c4ccc5ccnc(N)c5c4)n(C)n3)cc2C(F)(F)F)CC1. The van der Waals surface area contributed by atoms with Crippen LogP contribution in [0.4, 0.5) is 24.8 Å². The van der Waals surface area contributed by atoms with E-state index in [1.54, 1.807) is 30.1 Å². The van der Waals surface area contributed by atoms with Gasteiger partial charge in [-0.05, 0) is 41.8 Å². The number of carbonyl (C=O) groups is 1. The van der Waals surface area contributed by atoms with Crippen molar-refractivity contribution >= 4 is 28.3 Å². The van der Waals surface area contributed by atoms with E-state index in [1.165, 1.54) is 6.07 Å². The molecule has 204 valence electrons. The molecule has 0 spiro atoms. The van der Waals surface area contributed by atoms with Gasteiger partial charge in [0.05, 0.1) is 17.7 Å². The van der Waals surface area contributed by atoms with E-state index in [0.717, 1.165) is 41.2 Å². The monoisotopic (exact) mass is 537 g/mol. The number of nitrogens with two attached hydrogens (primary N) is 1. The second-order valence-corrected chi connectivity index (χ2v) is 9.96. The summed E-state index contributed by atoms with van der Waals surface area (Å²) in [5, 5.41) is 8.83. The molecule has 1 aliphatic heterocycles. The molecule has 8 nitrogen and oxygen atoms in total. The molecule has 39 heavy (non-hydrogen) atoms. The number of carbonyl (C=O) groups excluding carboxylic acids is 1. The van der Waals surface area contributed by atoms with Crippen LogP contribution in [0.3, 0.4) is 0 Å². The molecule has 3 N–H and O–H groups in total. The summed E-state index contributed by atoms with van der Waals surface area (Å²) in [4.78, 5) is 21.1. The molecule has 0 radical (unpaired) electrons. The summed E-state index contributed by atoms with van der Waals surface area (Å²) < 4.78 is 43.3. The van der Waals surface area contributed by atoms with E-state index in [9.17, 15) is 18.0 Å². The van der Waals surface area contributed by atoms with Gasteiger partial charge in [-0.3, -0.25) is 14.4 Å². The third-order valence-electron chi connectivity index (χ3n) is 7.07. The number of hydrogen-bond donors (Lipinski definition) is 2. The normalized spacial score (nSPS) is 15.1. The quantitative estimate of drug-likeness (QED) is 0.384. The van der Waals surface area contributed by atoms with E-state index in [1.807, 2.05) is 36.2 Å². The zero-order valence-corrected chi connectivity index (χ0v) is 21.8. The predicted molar refractivity (Wildman–Crippen MR) is 145 cm³/mol. The first kappa shape index (κ1) is 26.6. The number of rotatable bonds is 6. The fourth-order valence-electron chi connectivity index (χ4n) is 4.90. The van der Waals surface area contributed by atoms with E-state index in [-0.39, 0.29) is 24.1 Å². The third kappa shape index (κ3) is 6.04. The lowest BCUT2D eigenvalue weighted by Crippen LogP contribution is -2.44. The number of nitrogen functional groups attached to an aromatic ring is 1. The van der Waals surface area contributed by atoms with Crippen LogP contribution >= 0.6 is 0 Å². The minimum atomic E-state index is -4.51. The number of aromatic nitrogens is 3. The van der Waals surface area contributed by atoms with Gasteiger partial charge in [-0.15, -0.1) is 0 Å². The van der Waals surface area contributed by atoms with Crippen LogP contribution in [0.5, 0.6) is 0 Å². The molecule has 11 heteroatoms. The minimum absolute atomic E-state index is 0.206. The molecule has 2 aromatic heterocycles. The second kappa shape index (κ2) is 10.7. The van der Waals surface area contributed by atoms with E-state index < -0.39 is 17.6 Å². The summed E-state index contributed by atoms with van der Waals surface area (Å²) in [6.07, 6.45) is -3.07. The summed E-state index contributed by atoms with van der Waals surface area (Å²) in [6, 6.07) is 13.5. The fraction of sp³-hybridized carbons (Fsp3) is 0.321. The Labute approximate surface area is 224 Å². The van der Waals surface area contributed by atoms with Crippen LogP contribution in [0.15, 0.2) is 54.7 Å². The number of pyridine rings is 1. The standard InChI is InChI=1S/C28H30F3N7O/c1-36-9-11-38(12-10-36)17-21-4-3-18(13-23(21)28(29,30)31)14-26(39)34-25-16-24(37(2)35-25)20-6-5-19-7-8-33-27(32)22(19)15-20/h3-8,13,15-16H,9-12,14,17H2,1-2H3,(H2,32,33)(H,34,35,39). The number of hydrogen-bond acceptors (Lipinski definition) is 6. The summed E-state index contributed by atoms with van der Waals surface area (Å²) >= 11 is 0. The maximum absolute atomic E-state index is 13.9. The number of nitrogens with zero attached hydrogens (tertiary/aromatic N) is 5. The van der Waals surface area contributed by atoms with E-state index >= 15 is 0 Å². The fourth-order valence-corrected chi connectivity index (χ4v) is 4.90. The molecular weight excluding hydrogens is 507 g/mol. The number of likely N-dealkylation sites (N-methyl/N-ethyl adjacent to an activating group) is 1. The molecule has 0 unspecified atom stereocenters. The van der Waals surface area contributed by atoms with E-state index in [0.29, 0.717) is 24.7 Å². The van der Waals surface area contributed by atoms with Crippen LogP contribution in [0, 0.1) is 0 Å². The molecule has 2 aromatic carbocycles. The highest BCUT2D eigenvalue weighted by molar-refractivity contribution is 5.95. The molecule has 1 saturated heterocycles. The van der Waals surface area contributed by atoms with Crippen LogP contribution in [-0.2, 0) is 31.0 Å². The van der Waals surface area contributed by atoms with Crippen molar-refractivity contribution in [1.29, 1.82) is 0 Å². The topological polar surface area (TPSA) is 92.3 Å².